The van der Waals surface area contributed by atoms with Crippen LogP contribution in [0.25, 0.3) is 0 Å². The van der Waals surface area contributed by atoms with Crippen LogP contribution < -0.4 is 5.73 Å². The van der Waals surface area contributed by atoms with Gasteiger partial charge in [0.2, 0.25) is 0 Å². The van der Waals surface area contributed by atoms with Gasteiger partial charge in [0.25, 0.3) is 0 Å². The van der Waals surface area contributed by atoms with Crippen molar-refractivity contribution in [2.45, 2.75) is 13.5 Å². The Balaban J connectivity index is 1.98. The molecule has 0 saturated carbocycles. The first kappa shape index (κ1) is 13.4. The van der Waals surface area contributed by atoms with Crippen LogP contribution in [-0.4, -0.2) is 5.97 Å². The van der Waals surface area contributed by atoms with Crippen LogP contribution in [0, 0.1) is 10.5 Å². The number of hydrogen-bond donors (Lipinski definition) is 1. The zero-order valence-electron chi connectivity index (χ0n) is 9.77. The van der Waals surface area contributed by atoms with E-state index in [4.69, 9.17) is 10.5 Å². The summed E-state index contributed by atoms with van der Waals surface area (Å²) in [7, 11) is 0. The van der Waals surface area contributed by atoms with E-state index in [2.05, 4.69) is 22.6 Å². The molecule has 0 amide bonds. The minimum absolute atomic E-state index is 0.284. The third-order valence-electron chi connectivity index (χ3n) is 2.44. The molecular formula is C13H12INO2S. The van der Waals surface area contributed by atoms with Gasteiger partial charge in [-0.2, -0.15) is 0 Å². The number of hydrogen-bond acceptors (Lipinski definition) is 4. The van der Waals surface area contributed by atoms with Gasteiger partial charge < -0.3 is 10.5 Å². The molecule has 0 fully saturated rings. The van der Waals surface area contributed by atoms with Gasteiger partial charge in [-0.05, 0) is 53.3 Å². The van der Waals surface area contributed by atoms with Crippen LogP contribution in [-0.2, 0) is 11.3 Å². The van der Waals surface area contributed by atoms with Gasteiger partial charge in [-0.3, -0.25) is 0 Å². The number of carbonyl (C=O) groups excluding carboxylic acids is 1. The second-order valence-corrected chi connectivity index (χ2v) is 6.33. The largest absolute Gasteiger partial charge is 0.457 e. The number of ether oxygens (including phenoxy) is 1. The van der Waals surface area contributed by atoms with Gasteiger partial charge in [0, 0.05) is 14.1 Å². The Morgan fingerprint density at radius 1 is 1.39 bits per heavy atom. The van der Waals surface area contributed by atoms with Crippen LogP contribution in [0.3, 0.4) is 0 Å². The van der Waals surface area contributed by atoms with Crippen molar-refractivity contribution in [2.24, 2.45) is 0 Å². The fourth-order valence-corrected chi connectivity index (χ4v) is 2.59. The van der Waals surface area contributed by atoms with Crippen LogP contribution in [0.5, 0.6) is 0 Å². The van der Waals surface area contributed by atoms with Gasteiger partial charge >= 0.3 is 5.97 Å². The topological polar surface area (TPSA) is 52.3 Å². The highest BCUT2D eigenvalue weighted by atomic mass is 127. The van der Waals surface area contributed by atoms with Crippen LogP contribution in [0.4, 0.5) is 5.69 Å². The number of nitrogen functional groups attached to an aromatic ring is 1. The van der Waals surface area contributed by atoms with Crippen LogP contribution in [0.1, 0.15) is 20.1 Å². The average molecular weight is 373 g/mol. The molecule has 1 aromatic carbocycles. The second kappa shape index (κ2) is 5.71. The number of rotatable bonds is 3. The Hall–Kier alpha value is -1.08. The maximum absolute atomic E-state index is 11.8. The molecular weight excluding hydrogens is 361 g/mol. The molecule has 0 aliphatic carbocycles. The van der Waals surface area contributed by atoms with Gasteiger partial charge in [0.05, 0.1) is 0 Å². The summed E-state index contributed by atoms with van der Waals surface area (Å²) in [6.07, 6.45) is 0. The fraction of sp³-hybridized carbons (Fsp3) is 0.154. The molecule has 0 radical (unpaired) electrons. The van der Waals surface area contributed by atoms with Crippen molar-refractivity contribution >= 4 is 45.6 Å². The Kier molecular flexibility index (Phi) is 4.23. The molecule has 2 rings (SSSR count). The summed E-state index contributed by atoms with van der Waals surface area (Å²) >= 11 is 3.59. The molecule has 3 nitrogen and oxygen atoms in total. The molecule has 0 unspecified atom stereocenters. The predicted octanol–water partition coefficient (Wildman–Crippen LogP) is 3.60. The van der Waals surface area contributed by atoms with E-state index < -0.39 is 0 Å². The van der Waals surface area contributed by atoms with Crippen LogP contribution in [0.2, 0.25) is 0 Å². The highest BCUT2D eigenvalue weighted by Gasteiger charge is 2.12. The van der Waals surface area contributed by atoms with Crippen molar-refractivity contribution in [3.63, 3.8) is 0 Å². The number of aryl methyl sites for hydroxylation is 1. The maximum atomic E-state index is 11.8. The molecule has 2 N–H and O–H groups in total. The lowest BCUT2D eigenvalue weighted by molar-refractivity contribution is 0.0478. The summed E-state index contributed by atoms with van der Waals surface area (Å²) < 4.78 is 6.39. The molecule has 0 atom stereocenters. The summed E-state index contributed by atoms with van der Waals surface area (Å²) in [5.41, 5.74) is 7.32. The first-order valence-electron chi connectivity index (χ1n) is 5.34. The minimum Gasteiger partial charge on any atom is -0.457 e. The first-order chi connectivity index (χ1) is 8.56. The summed E-state index contributed by atoms with van der Waals surface area (Å²) in [6, 6.07) is 9.52. The Morgan fingerprint density at radius 2 is 2.06 bits per heavy atom. The highest BCUT2D eigenvalue weighted by molar-refractivity contribution is 14.1. The van der Waals surface area contributed by atoms with Crippen molar-refractivity contribution in [3.8, 4) is 0 Å². The van der Waals surface area contributed by atoms with Crippen LogP contribution >= 0.6 is 33.9 Å². The van der Waals surface area contributed by atoms with Crippen molar-refractivity contribution in [2.75, 3.05) is 5.73 Å². The van der Waals surface area contributed by atoms with Gasteiger partial charge in [-0.25, -0.2) is 4.79 Å². The lowest BCUT2D eigenvalue weighted by atomic mass is 10.2. The van der Waals surface area contributed by atoms with Gasteiger partial charge in [-0.15, -0.1) is 11.3 Å². The molecule has 1 heterocycles. The molecule has 0 saturated heterocycles. The number of thiophene rings is 1. The van der Waals surface area contributed by atoms with Gasteiger partial charge in [0.1, 0.15) is 11.5 Å². The number of halogens is 1. The van der Waals surface area contributed by atoms with Crippen molar-refractivity contribution in [1.29, 1.82) is 0 Å². The van der Waals surface area contributed by atoms with E-state index in [1.807, 2.05) is 31.2 Å². The van der Waals surface area contributed by atoms with E-state index in [0.717, 1.165) is 14.0 Å². The van der Waals surface area contributed by atoms with E-state index in [0.29, 0.717) is 10.6 Å². The lowest BCUT2D eigenvalue weighted by Crippen LogP contribution is -2.03. The van der Waals surface area contributed by atoms with Crippen LogP contribution in [0.15, 0.2) is 30.3 Å². The normalized spacial score (nSPS) is 10.3. The third kappa shape index (κ3) is 3.23. The number of benzene rings is 1. The quantitative estimate of drug-likeness (QED) is 0.661. The highest BCUT2D eigenvalue weighted by Crippen LogP contribution is 2.24. The Morgan fingerprint density at radius 3 is 2.61 bits per heavy atom. The summed E-state index contributed by atoms with van der Waals surface area (Å²) in [5, 5.41) is 0. The van der Waals surface area contributed by atoms with E-state index >= 15 is 0 Å². The third-order valence-corrected chi connectivity index (χ3v) is 4.21. The lowest BCUT2D eigenvalue weighted by Gasteiger charge is -2.03. The molecule has 1 aromatic heterocycles. The number of anilines is 1. The van der Waals surface area contributed by atoms with E-state index in [1.165, 1.54) is 11.3 Å². The zero-order valence-corrected chi connectivity index (χ0v) is 12.7. The summed E-state index contributed by atoms with van der Waals surface area (Å²) in [4.78, 5) is 13.3. The predicted molar refractivity (Wildman–Crippen MR) is 81.7 cm³/mol. The molecule has 0 aliphatic rings. The van der Waals surface area contributed by atoms with Crippen molar-refractivity contribution in [3.05, 3.63) is 49.2 Å². The molecule has 5 heteroatoms. The first-order valence-corrected chi connectivity index (χ1v) is 7.23. The molecule has 18 heavy (non-hydrogen) atoms. The molecule has 0 bridgehead atoms. The van der Waals surface area contributed by atoms with E-state index in [-0.39, 0.29) is 12.6 Å². The average Bonchev–Trinajstić information content (AvgIpc) is 2.69. The second-order valence-electron chi connectivity index (χ2n) is 3.82. The van der Waals surface area contributed by atoms with E-state index in [9.17, 15) is 4.79 Å². The Labute approximate surface area is 123 Å². The summed E-state index contributed by atoms with van der Waals surface area (Å²) in [5.74, 6) is -0.321. The minimum atomic E-state index is -0.321. The number of nitrogens with two attached hydrogens (primary N) is 1. The molecule has 0 aliphatic heterocycles. The van der Waals surface area contributed by atoms with Crippen molar-refractivity contribution in [1.82, 2.24) is 0 Å². The standard InChI is InChI=1S/C13H12INO2S/c1-8-11(15)6-12(18-8)13(16)17-7-9-2-4-10(14)5-3-9/h2-6H,7,15H2,1H3. The fourth-order valence-electron chi connectivity index (χ4n) is 1.40. The Bertz CT molecular complexity index is 543. The SMILES string of the molecule is Cc1sc(C(=O)OCc2ccc(I)cc2)cc1N. The number of esters is 1. The monoisotopic (exact) mass is 373 g/mol. The summed E-state index contributed by atoms with van der Waals surface area (Å²) in [6.45, 7) is 2.17. The molecule has 2 aromatic rings. The molecule has 0 spiro atoms. The maximum Gasteiger partial charge on any atom is 0.348 e. The van der Waals surface area contributed by atoms with Gasteiger partial charge in [0.15, 0.2) is 0 Å². The van der Waals surface area contributed by atoms with Crippen molar-refractivity contribution < 1.29 is 9.53 Å². The smallest absolute Gasteiger partial charge is 0.348 e. The number of carbonyl (C=O) groups is 1. The van der Waals surface area contributed by atoms with E-state index in [1.54, 1.807) is 6.07 Å². The van der Waals surface area contributed by atoms with Gasteiger partial charge in [-0.1, -0.05) is 12.1 Å². The zero-order chi connectivity index (χ0) is 13.1. The molecule has 94 valence electrons.